The highest BCUT2D eigenvalue weighted by molar-refractivity contribution is 5.81. The number of imidazole rings is 1. The zero-order valence-electron chi connectivity index (χ0n) is 11.6. The maximum Gasteiger partial charge on any atom is 0.0947 e. The predicted molar refractivity (Wildman–Crippen MR) is 77.7 cm³/mol. The molecule has 3 aromatic rings. The quantitative estimate of drug-likeness (QED) is 0.549. The van der Waals surface area contributed by atoms with E-state index in [4.69, 9.17) is 5.84 Å². The Labute approximate surface area is 117 Å². The van der Waals surface area contributed by atoms with Gasteiger partial charge in [0.25, 0.3) is 0 Å². The third-order valence-corrected chi connectivity index (χ3v) is 3.51. The molecule has 6 heteroatoms. The third-order valence-electron chi connectivity index (χ3n) is 3.51. The second-order valence-electron chi connectivity index (χ2n) is 4.97. The van der Waals surface area contributed by atoms with Gasteiger partial charge in [0.15, 0.2) is 0 Å². The SMILES string of the molecule is Cn1cnc(C(Cc2nn(C)c3ccccc23)NN)c1. The molecule has 2 aromatic heterocycles. The number of benzene rings is 1. The van der Waals surface area contributed by atoms with E-state index in [-0.39, 0.29) is 6.04 Å². The molecule has 0 saturated heterocycles. The second-order valence-corrected chi connectivity index (χ2v) is 4.97. The van der Waals surface area contributed by atoms with Crippen LogP contribution in [0.4, 0.5) is 0 Å². The molecule has 104 valence electrons. The molecule has 0 radical (unpaired) electrons. The zero-order valence-corrected chi connectivity index (χ0v) is 11.6. The molecule has 1 aromatic carbocycles. The van der Waals surface area contributed by atoms with Crippen LogP contribution in [-0.2, 0) is 20.5 Å². The van der Waals surface area contributed by atoms with Crippen LogP contribution >= 0.6 is 0 Å². The number of nitrogens with two attached hydrogens (primary N) is 1. The number of hydrogen-bond donors (Lipinski definition) is 2. The molecule has 3 rings (SSSR count). The van der Waals surface area contributed by atoms with Gasteiger partial charge in [-0.2, -0.15) is 5.10 Å². The standard InChI is InChI=1S/C14H18N6/c1-19-8-13(16-9-19)12(17-15)7-11-10-5-3-4-6-14(10)20(2)18-11/h3-6,8-9,12,17H,7,15H2,1-2H3. The monoisotopic (exact) mass is 270 g/mol. The summed E-state index contributed by atoms with van der Waals surface area (Å²) in [5, 5.41) is 5.75. The van der Waals surface area contributed by atoms with Gasteiger partial charge in [-0.15, -0.1) is 0 Å². The lowest BCUT2D eigenvalue weighted by molar-refractivity contribution is 0.532. The molecule has 1 unspecified atom stereocenters. The minimum Gasteiger partial charge on any atom is -0.340 e. The third kappa shape index (κ3) is 2.19. The predicted octanol–water partition coefficient (Wildman–Crippen LogP) is 1.05. The van der Waals surface area contributed by atoms with Crippen LogP contribution in [0.3, 0.4) is 0 Å². The Hall–Kier alpha value is -2.18. The van der Waals surface area contributed by atoms with Gasteiger partial charge in [0.2, 0.25) is 0 Å². The number of nitrogens with zero attached hydrogens (tertiary/aromatic N) is 4. The maximum absolute atomic E-state index is 5.68. The van der Waals surface area contributed by atoms with Crippen molar-refractivity contribution in [2.75, 3.05) is 0 Å². The number of fused-ring (bicyclic) bond motifs is 1. The molecular formula is C14H18N6. The summed E-state index contributed by atoms with van der Waals surface area (Å²) >= 11 is 0. The van der Waals surface area contributed by atoms with E-state index in [1.54, 1.807) is 6.33 Å². The highest BCUT2D eigenvalue weighted by atomic mass is 15.3. The van der Waals surface area contributed by atoms with Crippen molar-refractivity contribution < 1.29 is 0 Å². The van der Waals surface area contributed by atoms with Crippen LogP contribution in [0.5, 0.6) is 0 Å². The molecule has 6 nitrogen and oxygen atoms in total. The lowest BCUT2D eigenvalue weighted by atomic mass is 10.1. The van der Waals surface area contributed by atoms with Crippen LogP contribution in [0.25, 0.3) is 10.9 Å². The van der Waals surface area contributed by atoms with Crippen molar-refractivity contribution >= 4 is 10.9 Å². The second kappa shape index (κ2) is 5.07. The minimum atomic E-state index is -0.0468. The smallest absolute Gasteiger partial charge is 0.0947 e. The van der Waals surface area contributed by atoms with Crippen molar-refractivity contribution in [1.82, 2.24) is 24.8 Å². The molecule has 20 heavy (non-hydrogen) atoms. The number of aryl methyl sites for hydroxylation is 2. The van der Waals surface area contributed by atoms with Crippen molar-refractivity contribution in [3.63, 3.8) is 0 Å². The van der Waals surface area contributed by atoms with Gasteiger partial charge < -0.3 is 4.57 Å². The van der Waals surface area contributed by atoms with Gasteiger partial charge >= 0.3 is 0 Å². The van der Waals surface area contributed by atoms with Crippen LogP contribution in [0.15, 0.2) is 36.8 Å². The van der Waals surface area contributed by atoms with Crippen molar-refractivity contribution in [1.29, 1.82) is 0 Å². The van der Waals surface area contributed by atoms with Crippen molar-refractivity contribution in [3.05, 3.63) is 48.2 Å². The number of hydrogen-bond acceptors (Lipinski definition) is 4. The van der Waals surface area contributed by atoms with Crippen molar-refractivity contribution in [2.45, 2.75) is 12.5 Å². The average Bonchev–Trinajstić information content (AvgIpc) is 3.01. The molecule has 0 spiro atoms. The van der Waals surface area contributed by atoms with E-state index >= 15 is 0 Å². The zero-order chi connectivity index (χ0) is 14.1. The van der Waals surface area contributed by atoms with Crippen LogP contribution in [-0.4, -0.2) is 19.3 Å². The summed E-state index contributed by atoms with van der Waals surface area (Å²) in [4.78, 5) is 4.36. The summed E-state index contributed by atoms with van der Waals surface area (Å²) in [6, 6.07) is 8.15. The van der Waals surface area contributed by atoms with Crippen LogP contribution < -0.4 is 11.3 Å². The largest absolute Gasteiger partial charge is 0.340 e. The fraction of sp³-hybridized carbons (Fsp3) is 0.286. The summed E-state index contributed by atoms with van der Waals surface area (Å²) in [6.45, 7) is 0. The van der Waals surface area contributed by atoms with E-state index in [1.807, 2.05) is 41.7 Å². The van der Waals surface area contributed by atoms with Crippen molar-refractivity contribution in [2.24, 2.45) is 19.9 Å². The fourth-order valence-electron chi connectivity index (χ4n) is 2.49. The average molecular weight is 270 g/mol. The number of rotatable bonds is 4. The van der Waals surface area contributed by atoms with E-state index in [0.29, 0.717) is 6.42 Å². The molecule has 0 saturated carbocycles. The van der Waals surface area contributed by atoms with Gasteiger partial charge in [-0.3, -0.25) is 16.0 Å². The molecule has 0 amide bonds. The van der Waals surface area contributed by atoms with Gasteiger partial charge in [0, 0.05) is 32.1 Å². The number of nitrogens with one attached hydrogen (secondary N) is 1. The van der Waals surface area contributed by atoms with Crippen LogP contribution in [0, 0.1) is 0 Å². The Morgan fingerprint density at radius 2 is 2.10 bits per heavy atom. The van der Waals surface area contributed by atoms with Crippen molar-refractivity contribution in [3.8, 4) is 0 Å². The molecule has 3 N–H and O–H groups in total. The van der Waals surface area contributed by atoms with Crippen LogP contribution in [0.1, 0.15) is 17.4 Å². The maximum atomic E-state index is 5.68. The van der Waals surface area contributed by atoms with Gasteiger partial charge in [-0.25, -0.2) is 4.98 Å². The highest BCUT2D eigenvalue weighted by Gasteiger charge is 2.17. The number of hydrazine groups is 1. The summed E-state index contributed by atoms with van der Waals surface area (Å²) in [7, 11) is 3.90. The molecule has 0 aliphatic carbocycles. The van der Waals surface area contributed by atoms with Gasteiger partial charge in [0.1, 0.15) is 0 Å². The summed E-state index contributed by atoms with van der Waals surface area (Å²) in [5.74, 6) is 5.68. The lowest BCUT2D eigenvalue weighted by Crippen LogP contribution is -2.30. The lowest BCUT2D eigenvalue weighted by Gasteiger charge is -2.11. The molecule has 0 aliphatic rings. The Morgan fingerprint density at radius 1 is 1.30 bits per heavy atom. The summed E-state index contributed by atoms with van der Waals surface area (Å²) < 4.78 is 3.81. The Balaban J connectivity index is 1.95. The first kappa shape index (κ1) is 12.8. The van der Waals surface area contributed by atoms with E-state index in [1.165, 1.54) is 0 Å². The number of para-hydroxylation sites is 1. The number of aromatic nitrogens is 4. The Kier molecular flexibility index (Phi) is 3.25. The molecule has 0 fully saturated rings. The molecule has 0 bridgehead atoms. The Morgan fingerprint density at radius 3 is 2.80 bits per heavy atom. The van der Waals surface area contributed by atoms with Gasteiger partial charge in [-0.05, 0) is 6.07 Å². The first-order chi connectivity index (χ1) is 9.69. The molecule has 2 heterocycles. The van der Waals surface area contributed by atoms with E-state index in [0.717, 1.165) is 22.3 Å². The van der Waals surface area contributed by atoms with Gasteiger partial charge in [0.05, 0.1) is 29.3 Å². The first-order valence-corrected chi connectivity index (χ1v) is 6.53. The topological polar surface area (TPSA) is 73.7 Å². The van der Waals surface area contributed by atoms with E-state index < -0.39 is 0 Å². The normalized spacial score (nSPS) is 12.9. The highest BCUT2D eigenvalue weighted by Crippen LogP contribution is 2.22. The van der Waals surface area contributed by atoms with E-state index in [2.05, 4.69) is 27.6 Å². The molecule has 0 aliphatic heterocycles. The fourth-order valence-corrected chi connectivity index (χ4v) is 2.49. The van der Waals surface area contributed by atoms with Gasteiger partial charge in [-0.1, -0.05) is 18.2 Å². The molecular weight excluding hydrogens is 252 g/mol. The summed E-state index contributed by atoms with van der Waals surface area (Å²) in [5.41, 5.74) is 5.90. The minimum absolute atomic E-state index is 0.0468. The Bertz CT molecular complexity index is 726. The first-order valence-electron chi connectivity index (χ1n) is 6.53. The van der Waals surface area contributed by atoms with Crippen LogP contribution in [0.2, 0.25) is 0 Å². The summed E-state index contributed by atoms with van der Waals surface area (Å²) in [6.07, 6.45) is 4.45. The molecule has 1 atom stereocenters. The van der Waals surface area contributed by atoms with E-state index in [9.17, 15) is 0 Å².